The van der Waals surface area contributed by atoms with Crippen LogP contribution < -0.4 is 0 Å². The minimum absolute atomic E-state index is 0.289. The monoisotopic (exact) mass is 344 g/mol. The second-order valence-electron chi connectivity index (χ2n) is 5.30. The molecule has 0 amide bonds. The van der Waals surface area contributed by atoms with Gasteiger partial charge < -0.3 is 10.0 Å². The lowest BCUT2D eigenvalue weighted by Gasteiger charge is -2.42. The molecule has 1 N–H and O–H groups in total. The molecule has 6 heteroatoms. The number of halogens is 2. The zero-order chi connectivity index (χ0) is 14.9. The number of nitrogens with zero attached hydrogens (tertiary/aromatic N) is 2. The molecule has 2 rings (SSSR count). The summed E-state index contributed by atoms with van der Waals surface area (Å²) in [6.07, 6.45) is 0. The summed E-state index contributed by atoms with van der Waals surface area (Å²) in [5, 5.41) is 9.70. The van der Waals surface area contributed by atoms with Crippen LogP contribution in [-0.4, -0.2) is 54.1 Å². The molecule has 1 saturated heterocycles. The highest BCUT2D eigenvalue weighted by atomic mass is 79.9. The first-order valence-electron chi connectivity index (χ1n) is 6.48. The van der Waals surface area contributed by atoms with Crippen molar-refractivity contribution < 1.29 is 14.3 Å². The van der Waals surface area contributed by atoms with E-state index in [1.54, 1.807) is 19.1 Å². The number of likely N-dealkylation sites (N-methyl/N-ethyl adjacent to an activating group) is 1. The fraction of sp³-hybridized carbons (Fsp3) is 0.500. The maximum Gasteiger partial charge on any atom is 0.328 e. The quantitative estimate of drug-likeness (QED) is 0.912. The van der Waals surface area contributed by atoms with Gasteiger partial charge in [0.25, 0.3) is 0 Å². The third-order valence-electron chi connectivity index (χ3n) is 4.03. The van der Waals surface area contributed by atoms with Crippen LogP contribution in [0, 0.1) is 5.82 Å². The second kappa shape index (κ2) is 5.79. The Kier molecular flexibility index (Phi) is 4.46. The molecule has 1 heterocycles. The van der Waals surface area contributed by atoms with E-state index in [-0.39, 0.29) is 10.3 Å². The normalized spacial score (nSPS) is 20.6. The van der Waals surface area contributed by atoms with Gasteiger partial charge in [-0.15, -0.1) is 0 Å². The highest BCUT2D eigenvalue weighted by Crippen LogP contribution is 2.32. The van der Waals surface area contributed by atoms with Crippen LogP contribution >= 0.6 is 15.9 Å². The van der Waals surface area contributed by atoms with E-state index < -0.39 is 11.5 Å². The van der Waals surface area contributed by atoms with Gasteiger partial charge in [0.05, 0.1) is 4.47 Å². The average molecular weight is 345 g/mol. The largest absolute Gasteiger partial charge is 0.480 e. The SMILES string of the molecule is CN1CCN(C(C)(C(=O)O)c2ccc(F)c(Br)c2)CC1. The van der Waals surface area contributed by atoms with Gasteiger partial charge in [0.15, 0.2) is 0 Å². The first kappa shape index (κ1) is 15.4. The molecule has 1 aromatic rings. The Hall–Kier alpha value is -0.980. The van der Waals surface area contributed by atoms with Gasteiger partial charge in [-0.1, -0.05) is 6.07 Å². The van der Waals surface area contributed by atoms with E-state index in [0.717, 1.165) is 13.1 Å². The average Bonchev–Trinajstić information content (AvgIpc) is 2.41. The fourth-order valence-electron chi connectivity index (χ4n) is 2.49. The second-order valence-corrected chi connectivity index (χ2v) is 6.15. The molecule has 1 aromatic carbocycles. The standard InChI is InChI=1S/C14H18BrFN2O2/c1-14(13(19)20,18-7-5-17(2)6-8-18)10-3-4-12(16)11(15)9-10/h3-4,9H,5-8H2,1-2H3,(H,19,20). The maximum absolute atomic E-state index is 13.4. The molecular formula is C14H18BrFN2O2. The number of carboxylic acids is 1. The molecule has 1 fully saturated rings. The number of piperazine rings is 1. The van der Waals surface area contributed by atoms with Crippen LogP contribution in [0.25, 0.3) is 0 Å². The Balaban J connectivity index is 2.38. The zero-order valence-electron chi connectivity index (χ0n) is 11.6. The summed E-state index contributed by atoms with van der Waals surface area (Å²) in [6, 6.07) is 4.41. The Labute approximate surface area is 126 Å². The van der Waals surface area contributed by atoms with Gasteiger partial charge in [-0.2, -0.15) is 0 Å². The van der Waals surface area contributed by atoms with E-state index in [0.29, 0.717) is 18.7 Å². The number of hydrogen-bond acceptors (Lipinski definition) is 3. The topological polar surface area (TPSA) is 43.8 Å². The van der Waals surface area contributed by atoms with Crippen molar-refractivity contribution in [2.45, 2.75) is 12.5 Å². The summed E-state index contributed by atoms with van der Waals surface area (Å²) in [5.74, 6) is -1.31. The van der Waals surface area contributed by atoms with Crippen LogP contribution in [0.5, 0.6) is 0 Å². The molecule has 1 aliphatic rings. The maximum atomic E-state index is 13.4. The van der Waals surface area contributed by atoms with Gasteiger partial charge in [-0.3, -0.25) is 4.90 Å². The Bertz CT molecular complexity index is 518. The molecule has 1 aliphatic heterocycles. The number of carboxylic acid groups (broad SMARTS) is 1. The molecule has 110 valence electrons. The van der Waals surface area contributed by atoms with E-state index in [1.807, 2.05) is 11.9 Å². The summed E-state index contributed by atoms with van der Waals surface area (Å²) in [7, 11) is 2.02. The Morgan fingerprint density at radius 1 is 1.35 bits per heavy atom. The Morgan fingerprint density at radius 3 is 2.45 bits per heavy atom. The lowest BCUT2D eigenvalue weighted by molar-refractivity contribution is -0.152. The van der Waals surface area contributed by atoms with Crippen molar-refractivity contribution in [2.75, 3.05) is 33.2 Å². The van der Waals surface area contributed by atoms with E-state index in [2.05, 4.69) is 20.8 Å². The van der Waals surface area contributed by atoms with E-state index in [9.17, 15) is 14.3 Å². The minimum atomic E-state index is -1.14. The minimum Gasteiger partial charge on any atom is -0.480 e. The fourth-order valence-corrected chi connectivity index (χ4v) is 2.87. The molecule has 0 bridgehead atoms. The molecule has 0 radical (unpaired) electrons. The van der Waals surface area contributed by atoms with Crippen molar-refractivity contribution in [2.24, 2.45) is 0 Å². The van der Waals surface area contributed by atoms with Crippen LogP contribution in [0.4, 0.5) is 4.39 Å². The lowest BCUT2D eigenvalue weighted by Crippen LogP contribution is -2.56. The first-order chi connectivity index (χ1) is 9.35. The third kappa shape index (κ3) is 2.73. The highest BCUT2D eigenvalue weighted by Gasteiger charge is 2.42. The van der Waals surface area contributed by atoms with Crippen molar-refractivity contribution in [1.29, 1.82) is 0 Å². The predicted molar refractivity (Wildman–Crippen MR) is 78.2 cm³/mol. The zero-order valence-corrected chi connectivity index (χ0v) is 13.2. The number of benzene rings is 1. The van der Waals surface area contributed by atoms with Crippen LogP contribution in [0.3, 0.4) is 0 Å². The van der Waals surface area contributed by atoms with Crippen molar-refractivity contribution in [1.82, 2.24) is 9.80 Å². The number of carbonyl (C=O) groups is 1. The van der Waals surface area contributed by atoms with E-state index in [4.69, 9.17) is 0 Å². The van der Waals surface area contributed by atoms with Gasteiger partial charge in [0.2, 0.25) is 0 Å². The predicted octanol–water partition coefficient (Wildman–Crippen LogP) is 2.14. The molecule has 1 unspecified atom stereocenters. The molecule has 0 spiro atoms. The summed E-state index contributed by atoms with van der Waals surface area (Å²) >= 11 is 3.13. The Morgan fingerprint density at radius 2 is 1.95 bits per heavy atom. The first-order valence-corrected chi connectivity index (χ1v) is 7.27. The number of rotatable bonds is 3. The summed E-state index contributed by atoms with van der Waals surface area (Å²) in [4.78, 5) is 15.9. The molecule has 0 aromatic heterocycles. The molecule has 0 aliphatic carbocycles. The summed E-state index contributed by atoms with van der Waals surface area (Å²) in [5.41, 5.74) is -0.555. The third-order valence-corrected chi connectivity index (χ3v) is 4.64. The number of aliphatic carboxylic acids is 1. The lowest BCUT2D eigenvalue weighted by atomic mass is 9.89. The molecule has 20 heavy (non-hydrogen) atoms. The molecule has 1 atom stereocenters. The van der Waals surface area contributed by atoms with Crippen LogP contribution in [0.2, 0.25) is 0 Å². The molecule has 4 nitrogen and oxygen atoms in total. The highest BCUT2D eigenvalue weighted by molar-refractivity contribution is 9.10. The van der Waals surface area contributed by atoms with Crippen molar-refractivity contribution in [3.63, 3.8) is 0 Å². The van der Waals surface area contributed by atoms with Crippen LogP contribution in [0.1, 0.15) is 12.5 Å². The van der Waals surface area contributed by atoms with Gasteiger partial charge in [0.1, 0.15) is 11.4 Å². The van der Waals surface area contributed by atoms with E-state index >= 15 is 0 Å². The van der Waals surface area contributed by atoms with Gasteiger partial charge in [-0.05, 0) is 47.6 Å². The van der Waals surface area contributed by atoms with Crippen molar-refractivity contribution >= 4 is 21.9 Å². The summed E-state index contributed by atoms with van der Waals surface area (Å²) < 4.78 is 13.7. The van der Waals surface area contributed by atoms with Crippen LogP contribution in [0.15, 0.2) is 22.7 Å². The smallest absolute Gasteiger partial charge is 0.328 e. The summed E-state index contributed by atoms with van der Waals surface area (Å²) in [6.45, 7) is 4.68. The molecular weight excluding hydrogens is 327 g/mol. The van der Waals surface area contributed by atoms with Gasteiger partial charge in [0, 0.05) is 26.2 Å². The van der Waals surface area contributed by atoms with Crippen LogP contribution in [-0.2, 0) is 10.3 Å². The van der Waals surface area contributed by atoms with Gasteiger partial charge >= 0.3 is 5.97 Å². The van der Waals surface area contributed by atoms with Crippen molar-refractivity contribution in [3.8, 4) is 0 Å². The molecule has 0 saturated carbocycles. The van der Waals surface area contributed by atoms with Gasteiger partial charge in [-0.25, -0.2) is 9.18 Å². The van der Waals surface area contributed by atoms with Crippen molar-refractivity contribution in [3.05, 3.63) is 34.1 Å². The van der Waals surface area contributed by atoms with E-state index in [1.165, 1.54) is 6.07 Å². The number of hydrogen-bond donors (Lipinski definition) is 1.